The Balaban J connectivity index is 1.29. The van der Waals surface area contributed by atoms with E-state index in [4.69, 9.17) is 0 Å². The number of rotatable bonds is 4. The summed E-state index contributed by atoms with van der Waals surface area (Å²) in [7, 11) is 0. The summed E-state index contributed by atoms with van der Waals surface area (Å²) in [6.07, 6.45) is 9.18. The molecule has 2 saturated heterocycles. The van der Waals surface area contributed by atoms with Crippen molar-refractivity contribution in [2.24, 2.45) is 11.8 Å². The number of aromatic amines is 1. The van der Waals surface area contributed by atoms with E-state index in [1.165, 1.54) is 59.0 Å². The summed E-state index contributed by atoms with van der Waals surface area (Å²) in [5.41, 5.74) is 3.73. The van der Waals surface area contributed by atoms with Gasteiger partial charge in [-0.15, -0.1) is 11.3 Å². The molecule has 1 unspecified atom stereocenters. The molecule has 0 radical (unpaired) electrons. The van der Waals surface area contributed by atoms with Crippen molar-refractivity contribution in [3.05, 3.63) is 47.5 Å². The third-order valence-electron chi connectivity index (χ3n) is 7.70. The van der Waals surface area contributed by atoms with Crippen molar-refractivity contribution in [3.63, 3.8) is 0 Å². The van der Waals surface area contributed by atoms with Gasteiger partial charge in [-0.1, -0.05) is 25.1 Å². The second-order valence-corrected chi connectivity index (χ2v) is 10.5. The number of carbonyl (C=O) groups is 1. The first-order chi connectivity index (χ1) is 14.2. The van der Waals surface area contributed by atoms with E-state index in [-0.39, 0.29) is 5.92 Å². The van der Waals surface area contributed by atoms with Crippen molar-refractivity contribution in [1.82, 2.24) is 9.88 Å². The fraction of sp³-hybridized carbons (Fsp3) is 0.480. The lowest BCUT2D eigenvalue weighted by Gasteiger charge is -2.56. The van der Waals surface area contributed by atoms with Crippen molar-refractivity contribution in [3.8, 4) is 10.4 Å². The van der Waals surface area contributed by atoms with Crippen LogP contribution in [0.15, 0.2) is 41.9 Å². The molecule has 2 aliphatic heterocycles. The van der Waals surface area contributed by atoms with Gasteiger partial charge in [0, 0.05) is 46.0 Å². The quantitative estimate of drug-likeness (QED) is 0.554. The van der Waals surface area contributed by atoms with Crippen LogP contribution < -0.4 is 0 Å². The Kier molecular flexibility index (Phi) is 4.12. The molecule has 1 atom stereocenters. The summed E-state index contributed by atoms with van der Waals surface area (Å²) in [4.78, 5) is 20.5. The maximum Gasteiger partial charge on any atom is 0.223 e. The van der Waals surface area contributed by atoms with Crippen molar-refractivity contribution in [2.45, 2.75) is 63.5 Å². The minimum absolute atomic E-state index is 0.217. The highest BCUT2D eigenvalue weighted by molar-refractivity contribution is 7.13. The molecule has 29 heavy (non-hydrogen) atoms. The van der Waals surface area contributed by atoms with E-state index in [0.29, 0.717) is 24.4 Å². The van der Waals surface area contributed by atoms with E-state index in [0.717, 1.165) is 11.8 Å². The van der Waals surface area contributed by atoms with Gasteiger partial charge in [0.1, 0.15) is 0 Å². The zero-order valence-electron chi connectivity index (χ0n) is 16.9. The summed E-state index contributed by atoms with van der Waals surface area (Å²) < 4.78 is 0. The summed E-state index contributed by atoms with van der Waals surface area (Å²) in [5.74, 6) is 2.38. The average molecular weight is 405 g/mol. The van der Waals surface area contributed by atoms with Crippen LogP contribution in [0.5, 0.6) is 0 Å². The molecule has 150 valence electrons. The summed E-state index contributed by atoms with van der Waals surface area (Å²) >= 11 is 1.78. The summed E-state index contributed by atoms with van der Waals surface area (Å²) in [5, 5.41) is 3.42. The molecule has 7 rings (SSSR count). The van der Waals surface area contributed by atoms with Gasteiger partial charge in [-0.3, -0.25) is 4.79 Å². The molecule has 2 aliphatic carbocycles. The first kappa shape index (κ1) is 17.8. The van der Waals surface area contributed by atoms with Crippen LogP contribution in [0.3, 0.4) is 0 Å². The van der Waals surface area contributed by atoms with Gasteiger partial charge in [0.25, 0.3) is 0 Å². The minimum atomic E-state index is 0.217. The maximum absolute atomic E-state index is 13.4. The molecule has 4 heteroatoms. The Hall–Kier alpha value is -2.07. The van der Waals surface area contributed by atoms with Gasteiger partial charge in [0.05, 0.1) is 0 Å². The molecule has 4 aliphatic rings. The molecule has 1 amide bonds. The van der Waals surface area contributed by atoms with Gasteiger partial charge in [0.15, 0.2) is 0 Å². The number of hydrogen-bond acceptors (Lipinski definition) is 2. The lowest BCUT2D eigenvalue weighted by Crippen LogP contribution is -2.59. The molecular formula is C25H28N2OS. The van der Waals surface area contributed by atoms with Crippen LogP contribution in [-0.2, 0) is 4.79 Å². The topological polar surface area (TPSA) is 36.1 Å². The molecule has 3 aromatic rings. The fourth-order valence-corrected chi connectivity index (χ4v) is 7.41. The highest BCUT2D eigenvalue weighted by atomic mass is 32.1. The van der Waals surface area contributed by atoms with Gasteiger partial charge in [0.2, 0.25) is 5.91 Å². The number of piperidine rings is 2. The summed E-state index contributed by atoms with van der Waals surface area (Å²) in [6, 6.07) is 11.8. The summed E-state index contributed by atoms with van der Waals surface area (Å²) in [6.45, 7) is 2.23. The van der Waals surface area contributed by atoms with E-state index in [9.17, 15) is 4.79 Å². The number of thiophene rings is 1. The smallest absolute Gasteiger partial charge is 0.223 e. The number of carbonyl (C=O) groups excluding carboxylic acids is 1. The molecule has 3 nitrogen and oxygen atoms in total. The van der Waals surface area contributed by atoms with Crippen LogP contribution >= 0.6 is 11.3 Å². The first-order valence-corrected chi connectivity index (χ1v) is 12.0. The Labute approximate surface area is 176 Å². The second-order valence-electron chi connectivity index (χ2n) is 9.57. The van der Waals surface area contributed by atoms with E-state index >= 15 is 0 Å². The number of amides is 1. The second kappa shape index (κ2) is 6.73. The SMILES string of the molecule is CC(CC(=O)N1C2CC3CC(C2)CC1C3)c1c[nH]c2cccc(-c3cccs3)c12. The molecule has 4 heterocycles. The zero-order chi connectivity index (χ0) is 19.5. The predicted molar refractivity (Wildman–Crippen MR) is 119 cm³/mol. The molecule has 2 saturated carbocycles. The maximum atomic E-state index is 13.4. The van der Waals surface area contributed by atoms with Crippen molar-refractivity contribution < 1.29 is 4.79 Å². The predicted octanol–water partition coefficient (Wildman–Crippen LogP) is 6.18. The zero-order valence-corrected chi connectivity index (χ0v) is 17.8. The van der Waals surface area contributed by atoms with Gasteiger partial charge in [-0.2, -0.15) is 0 Å². The first-order valence-electron chi connectivity index (χ1n) is 11.1. The standard InChI is InChI=1S/C25H28N2OS/c1-15(8-24(28)27-18-10-16-9-17(12-18)13-19(27)11-16)21-14-26-22-5-2-4-20(25(21)22)23-6-3-7-29-23/h2-7,14-19,26H,8-13H2,1H3. The van der Waals surface area contributed by atoms with E-state index in [1.807, 2.05) is 0 Å². The number of nitrogens with one attached hydrogen (secondary N) is 1. The van der Waals surface area contributed by atoms with Gasteiger partial charge >= 0.3 is 0 Å². The molecule has 4 fully saturated rings. The Morgan fingerprint density at radius 2 is 1.86 bits per heavy atom. The van der Waals surface area contributed by atoms with Crippen LogP contribution in [0.1, 0.15) is 56.9 Å². The van der Waals surface area contributed by atoms with Crippen LogP contribution in [0.2, 0.25) is 0 Å². The normalized spacial score (nSPS) is 28.9. The number of H-pyrrole nitrogens is 1. The molecule has 4 bridgehead atoms. The van der Waals surface area contributed by atoms with Crippen LogP contribution in [0.4, 0.5) is 0 Å². The largest absolute Gasteiger partial charge is 0.361 e. The number of aromatic nitrogens is 1. The van der Waals surface area contributed by atoms with E-state index in [2.05, 4.69) is 58.7 Å². The third kappa shape index (κ3) is 2.87. The average Bonchev–Trinajstić information content (AvgIpc) is 3.37. The molecule has 0 spiro atoms. The Morgan fingerprint density at radius 3 is 2.55 bits per heavy atom. The molecule has 1 N–H and O–H groups in total. The fourth-order valence-electron chi connectivity index (χ4n) is 6.65. The minimum Gasteiger partial charge on any atom is -0.361 e. The van der Waals surface area contributed by atoms with Crippen LogP contribution in [0.25, 0.3) is 21.3 Å². The van der Waals surface area contributed by atoms with Gasteiger partial charge in [-0.25, -0.2) is 0 Å². The number of benzene rings is 1. The third-order valence-corrected chi connectivity index (χ3v) is 8.60. The molecular weight excluding hydrogens is 376 g/mol. The highest BCUT2D eigenvalue weighted by Crippen LogP contribution is 2.49. The van der Waals surface area contributed by atoms with Gasteiger partial charge < -0.3 is 9.88 Å². The Morgan fingerprint density at radius 1 is 1.10 bits per heavy atom. The number of fused-ring (bicyclic) bond motifs is 1. The lowest BCUT2D eigenvalue weighted by molar-refractivity contribution is -0.149. The number of hydrogen-bond donors (Lipinski definition) is 1. The lowest BCUT2D eigenvalue weighted by atomic mass is 9.63. The van der Waals surface area contributed by atoms with Crippen LogP contribution in [0, 0.1) is 11.8 Å². The van der Waals surface area contributed by atoms with E-state index in [1.54, 1.807) is 11.3 Å². The van der Waals surface area contributed by atoms with Gasteiger partial charge in [-0.05, 0) is 72.9 Å². The van der Waals surface area contributed by atoms with Crippen molar-refractivity contribution in [1.29, 1.82) is 0 Å². The van der Waals surface area contributed by atoms with Crippen molar-refractivity contribution in [2.75, 3.05) is 0 Å². The molecule has 1 aromatic carbocycles. The van der Waals surface area contributed by atoms with Crippen molar-refractivity contribution >= 4 is 28.1 Å². The monoisotopic (exact) mass is 404 g/mol. The molecule has 2 aromatic heterocycles. The number of nitrogens with zero attached hydrogens (tertiary/aromatic N) is 1. The Bertz CT molecular complexity index is 1020. The van der Waals surface area contributed by atoms with E-state index < -0.39 is 0 Å². The highest BCUT2D eigenvalue weighted by Gasteiger charge is 2.48. The van der Waals surface area contributed by atoms with Crippen LogP contribution in [-0.4, -0.2) is 27.9 Å².